The van der Waals surface area contributed by atoms with Gasteiger partial charge in [0, 0.05) is 19.6 Å². The number of guanidine groups is 1. The second kappa shape index (κ2) is 9.26. The molecular weight excluding hydrogens is 340 g/mol. The molecule has 2 aromatic rings. The lowest BCUT2D eigenvalue weighted by molar-refractivity contribution is 0.0972. The molecule has 0 spiro atoms. The van der Waals surface area contributed by atoms with Crippen molar-refractivity contribution in [3.63, 3.8) is 0 Å². The van der Waals surface area contributed by atoms with E-state index in [-0.39, 0.29) is 5.76 Å². The number of hydrogen-bond donors (Lipinski definition) is 2. The van der Waals surface area contributed by atoms with Gasteiger partial charge >= 0.3 is 0 Å². The summed E-state index contributed by atoms with van der Waals surface area (Å²) >= 11 is 0. The van der Waals surface area contributed by atoms with Gasteiger partial charge in [0.15, 0.2) is 11.7 Å². The second-order valence-electron chi connectivity index (χ2n) is 6.92. The molecule has 3 N–H and O–H groups in total. The molecule has 0 aliphatic carbocycles. The number of aliphatic imine (C=N–C) groups is 1. The van der Waals surface area contributed by atoms with Crippen LogP contribution in [0.1, 0.15) is 41.6 Å². The molecule has 1 aliphatic heterocycles. The summed E-state index contributed by atoms with van der Waals surface area (Å²) in [6.07, 6.45) is 3.46. The van der Waals surface area contributed by atoms with Gasteiger partial charge in [0.2, 0.25) is 0 Å². The third kappa shape index (κ3) is 5.36. The molecule has 144 valence electrons. The van der Waals surface area contributed by atoms with Crippen LogP contribution in [0.25, 0.3) is 0 Å². The molecule has 1 fully saturated rings. The van der Waals surface area contributed by atoms with Crippen LogP contribution in [0.3, 0.4) is 0 Å². The van der Waals surface area contributed by atoms with E-state index in [2.05, 4.69) is 52.5 Å². The van der Waals surface area contributed by atoms with Crippen LogP contribution in [-0.4, -0.2) is 36.4 Å². The van der Waals surface area contributed by atoms with E-state index in [9.17, 15) is 4.79 Å². The lowest BCUT2D eigenvalue weighted by Gasteiger charge is -2.34. The number of nitrogens with zero attached hydrogens (tertiary/aromatic N) is 2. The molecule has 1 amide bonds. The minimum absolute atomic E-state index is 0.173. The number of carbonyl (C=O) groups excluding carboxylic acids is 1. The lowest BCUT2D eigenvalue weighted by Crippen LogP contribution is -2.45. The molecule has 0 atom stereocenters. The van der Waals surface area contributed by atoms with Crippen molar-refractivity contribution in [1.29, 1.82) is 0 Å². The smallest absolute Gasteiger partial charge is 0.284 e. The van der Waals surface area contributed by atoms with Crippen LogP contribution in [-0.2, 0) is 13.0 Å². The number of benzene rings is 1. The molecule has 1 aromatic heterocycles. The van der Waals surface area contributed by atoms with Gasteiger partial charge in [-0.3, -0.25) is 4.79 Å². The van der Waals surface area contributed by atoms with E-state index >= 15 is 0 Å². The van der Waals surface area contributed by atoms with Gasteiger partial charge in [0.05, 0.1) is 0 Å². The van der Waals surface area contributed by atoms with Gasteiger partial charge in [-0.1, -0.05) is 30.3 Å². The van der Waals surface area contributed by atoms with E-state index in [0.29, 0.717) is 12.3 Å². The summed E-state index contributed by atoms with van der Waals surface area (Å²) in [6.45, 7) is 5.25. The predicted octanol–water partition coefficient (Wildman–Crippen LogP) is 2.80. The van der Waals surface area contributed by atoms with Gasteiger partial charge in [-0.25, -0.2) is 4.99 Å². The molecule has 0 saturated carbocycles. The molecule has 1 aliphatic rings. The zero-order chi connectivity index (χ0) is 19.1. The Hall–Kier alpha value is -2.76. The van der Waals surface area contributed by atoms with Crippen molar-refractivity contribution in [3.05, 3.63) is 59.5 Å². The number of carbonyl (C=O) groups is 1. The topological polar surface area (TPSA) is 83.9 Å². The summed E-state index contributed by atoms with van der Waals surface area (Å²) in [5, 5.41) is 3.36. The molecule has 0 bridgehead atoms. The Morgan fingerprint density at radius 1 is 1.22 bits per heavy atom. The van der Waals surface area contributed by atoms with Gasteiger partial charge in [-0.05, 0) is 49.8 Å². The first kappa shape index (κ1) is 19.0. The van der Waals surface area contributed by atoms with Crippen LogP contribution >= 0.6 is 0 Å². The Morgan fingerprint density at radius 3 is 2.59 bits per heavy atom. The monoisotopic (exact) mass is 368 g/mol. The Labute approximate surface area is 160 Å². The third-order valence-corrected chi connectivity index (χ3v) is 4.91. The van der Waals surface area contributed by atoms with Gasteiger partial charge in [-0.2, -0.15) is 0 Å². The first-order valence-electron chi connectivity index (χ1n) is 9.61. The van der Waals surface area contributed by atoms with E-state index in [1.807, 2.05) is 0 Å². The maximum atomic E-state index is 11.1. The molecule has 1 aromatic carbocycles. The normalized spacial score (nSPS) is 15.7. The fourth-order valence-corrected chi connectivity index (χ4v) is 3.47. The highest BCUT2D eigenvalue weighted by molar-refractivity contribution is 5.89. The molecule has 0 radical (unpaired) electrons. The standard InChI is InChI=1S/C21H28N4O2/c1-2-23-21(24-15-18-8-9-19(27-18)20(22)26)25-12-10-17(11-13-25)14-16-6-4-3-5-7-16/h3-9,17H,2,10-15H2,1H3,(H2,22,26)(H,23,24). The third-order valence-electron chi connectivity index (χ3n) is 4.91. The molecule has 1 saturated heterocycles. The molecule has 6 heteroatoms. The number of furan rings is 1. The fraction of sp³-hybridized carbons (Fsp3) is 0.429. The van der Waals surface area contributed by atoms with Crippen molar-refractivity contribution in [2.45, 2.75) is 32.7 Å². The van der Waals surface area contributed by atoms with Crippen molar-refractivity contribution in [3.8, 4) is 0 Å². The first-order valence-corrected chi connectivity index (χ1v) is 9.61. The van der Waals surface area contributed by atoms with Crippen molar-refractivity contribution in [1.82, 2.24) is 10.2 Å². The molecular formula is C21H28N4O2. The number of primary amides is 1. The minimum Gasteiger partial charge on any atom is -0.454 e. The largest absolute Gasteiger partial charge is 0.454 e. The van der Waals surface area contributed by atoms with Gasteiger partial charge < -0.3 is 20.4 Å². The van der Waals surface area contributed by atoms with Crippen molar-refractivity contribution >= 4 is 11.9 Å². The van der Waals surface area contributed by atoms with Crippen molar-refractivity contribution < 1.29 is 9.21 Å². The van der Waals surface area contributed by atoms with Crippen LogP contribution in [0.4, 0.5) is 0 Å². The Balaban J connectivity index is 1.56. The van der Waals surface area contributed by atoms with Gasteiger partial charge in [-0.15, -0.1) is 0 Å². The number of amides is 1. The van der Waals surface area contributed by atoms with E-state index in [1.165, 1.54) is 5.56 Å². The number of piperidine rings is 1. The number of nitrogens with two attached hydrogens (primary N) is 1. The van der Waals surface area contributed by atoms with Gasteiger partial charge in [0.25, 0.3) is 5.91 Å². The van der Waals surface area contributed by atoms with Crippen molar-refractivity contribution in [2.24, 2.45) is 16.6 Å². The van der Waals surface area contributed by atoms with E-state index < -0.39 is 5.91 Å². The van der Waals surface area contributed by atoms with Crippen LogP contribution in [0, 0.1) is 5.92 Å². The van der Waals surface area contributed by atoms with E-state index in [1.54, 1.807) is 12.1 Å². The summed E-state index contributed by atoms with van der Waals surface area (Å²) in [4.78, 5) is 18.1. The average molecular weight is 368 g/mol. The van der Waals surface area contributed by atoms with Crippen LogP contribution in [0.5, 0.6) is 0 Å². The first-order chi connectivity index (χ1) is 13.2. The average Bonchev–Trinajstić information content (AvgIpc) is 3.16. The zero-order valence-corrected chi connectivity index (χ0v) is 15.9. The minimum atomic E-state index is -0.558. The quantitative estimate of drug-likeness (QED) is 0.607. The second-order valence-corrected chi connectivity index (χ2v) is 6.92. The summed E-state index contributed by atoms with van der Waals surface area (Å²) in [5.74, 6) is 1.87. The lowest BCUT2D eigenvalue weighted by atomic mass is 9.90. The van der Waals surface area contributed by atoms with Crippen LogP contribution < -0.4 is 11.1 Å². The highest BCUT2D eigenvalue weighted by atomic mass is 16.3. The number of nitrogens with one attached hydrogen (secondary N) is 1. The zero-order valence-electron chi connectivity index (χ0n) is 15.9. The Morgan fingerprint density at radius 2 is 1.96 bits per heavy atom. The molecule has 27 heavy (non-hydrogen) atoms. The molecule has 0 unspecified atom stereocenters. The van der Waals surface area contributed by atoms with E-state index in [4.69, 9.17) is 10.2 Å². The summed E-state index contributed by atoms with van der Waals surface area (Å²) in [6, 6.07) is 14.0. The highest BCUT2D eigenvalue weighted by Crippen LogP contribution is 2.22. The SMILES string of the molecule is CCNC(=NCc1ccc(C(N)=O)o1)N1CCC(Cc2ccccc2)CC1. The summed E-state index contributed by atoms with van der Waals surface area (Å²) in [5.41, 5.74) is 6.64. The maximum absolute atomic E-state index is 11.1. The predicted molar refractivity (Wildman–Crippen MR) is 106 cm³/mol. The number of hydrogen-bond acceptors (Lipinski definition) is 3. The number of rotatable bonds is 6. The molecule has 2 heterocycles. The highest BCUT2D eigenvalue weighted by Gasteiger charge is 2.21. The molecule has 3 rings (SSSR count). The Kier molecular flexibility index (Phi) is 6.52. The van der Waals surface area contributed by atoms with Crippen molar-refractivity contribution in [2.75, 3.05) is 19.6 Å². The fourth-order valence-electron chi connectivity index (χ4n) is 3.47. The summed E-state index contributed by atoms with van der Waals surface area (Å²) < 4.78 is 5.42. The number of likely N-dealkylation sites (tertiary alicyclic amines) is 1. The van der Waals surface area contributed by atoms with Crippen LogP contribution in [0.2, 0.25) is 0 Å². The summed E-state index contributed by atoms with van der Waals surface area (Å²) in [7, 11) is 0. The van der Waals surface area contributed by atoms with Crippen LogP contribution in [0.15, 0.2) is 51.9 Å². The Bertz CT molecular complexity index is 761. The molecule has 6 nitrogen and oxygen atoms in total. The maximum Gasteiger partial charge on any atom is 0.284 e. The van der Waals surface area contributed by atoms with Gasteiger partial charge in [0.1, 0.15) is 12.3 Å². The van der Waals surface area contributed by atoms with E-state index in [0.717, 1.165) is 50.8 Å².